The van der Waals surface area contributed by atoms with Crippen LogP contribution in [0.15, 0.2) is 24.3 Å². The maximum atomic E-state index is 12.7. The molecule has 0 saturated heterocycles. The Morgan fingerprint density at radius 2 is 2.09 bits per heavy atom. The summed E-state index contributed by atoms with van der Waals surface area (Å²) in [7, 11) is 1.81. The van der Waals surface area contributed by atoms with Gasteiger partial charge in [-0.1, -0.05) is 19.1 Å². The van der Waals surface area contributed by atoms with Crippen molar-refractivity contribution in [2.24, 2.45) is 0 Å². The largest absolute Gasteiger partial charge is 0.336 e. The predicted octanol–water partition coefficient (Wildman–Crippen LogP) is 4.29. The van der Waals surface area contributed by atoms with E-state index in [9.17, 15) is 4.79 Å². The molecule has 0 radical (unpaired) electrons. The molecule has 0 aliphatic heterocycles. The van der Waals surface area contributed by atoms with Crippen molar-refractivity contribution in [1.82, 2.24) is 14.7 Å². The molecule has 4 nitrogen and oxygen atoms in total. The van der Waals surface area contributed by atoms with Gasteiger partial charge in [0, 0.05) is 35.5 Å². The van der Waals surface area contributed by atoms with Gasteiger partial charge >= 0.3 is 0 Å². The Morgan fingerprint density at radius 1 is 1.39 bits per heavy atom. The molecule has 0 fully saturated rings. The highest BCUT2D eigenvalue weighted by Gasteiger charge is 2.20. The van der Waals surface area contributed by atoms with Gasteiger partial charge in [-0.2, -0.15) is 5.10 Å². The van der Waals surface area contributed by atoms with Crippen LogP contribution < -0.4 is 0 Å². The Kier molecular flexibility index (Phi) is 5.42. The van der Waals surface area contributed by atoms with Crippen LogP contribution in [-0.4, -0.2) is 34.2 Å². The van der Waals surface area contributed by atoms with Gasteiger partial charge in [0.25, 0.3) is 5.91 Å². The molecule has 23 heavy (non-hydrogen) atoms. The molecular formula is C18H25N3OS. The number of aryl methyl sites for hydroxylation is 3. The van der Waals surface area contributed by atoms with E-state index in [4.69, 9.17) is 0 Å². The van der Waals surface area contributed by atoms with Crippen molar-refractivity contribution in [3.63, 3.8) is 0 Å². The first-order chi connectivity index (χ1) is 10.8. The lowest BCUT2D eigenvalue weighted by Crippen LogP contribution is -2.30. The number of rotatable bonds is 6. The molecule has 2 rings (SSSR count). The first kappa shape index (κ1) is 17.5. The maximum Gasteiger partial charge on any atom is 0.272 e. The highest BCUT2D eigenvalue weighted by atomic mass is 32.1. The van der Waals surface area contributed by atoms with Gasteiger partial charge in [0.15, 0.2) is 0 Å². The minimum atomic E-state index is -0.00944. The van der Waals surface area contributed by atoms with E-state index in [1.165, 1.54) is 9.75 Å². The summed E-state index contributed by atoms with van der Waals surface area (Å²) in [5.41, 5.74) is 3.62. The quantitative estimate of drug-likeness (QED) is 0.741. The van der Waals surface area contributed by atoms with Crippen molar-refractivity contribution in [3.05, 3.63) is 39.7 Å². The molecule has 0 spiro atoms. The minimum Gasteiger partial charge on any atom is -0.336 e. The molecule has 0 N–H and O–H groups in total. The summed E-state index contributed by atoms with van der Waals surface area (Å²) < 4.78 is 1.83. The Morgan fingerprint density at radius 3 is 2.61 bits per heavy atom. The zero-order valence-corrected chi connectivity index (χ0v) is 15.5. The number of amides is 1. The van der Waals surface area contributed by atoms with Crippen LogP contribution in [0.2, 0.25) is 0 Å². The lowest BCUT2D eigenvalue weighted by molar-refractivity contribution is 0.0794. The minimum absolute atomic E-state index is 0.00944. The number of aromatic nitrogens is 2. The first-order valence-corrected chi connectivity index (χ1v) is 8.70. The fourth-order valence-electron chi connectivity index (χ4n) is 2.66. The molecule has 0 bridgehead atoms. The van der Waals surface area contributed by atoms with Crippen molar-refractivity contribution in [3.8, 4) is 11.3 Å². The summed E-state index contributed by atoms with van der Waals surface area (Å²) in [6.07, 6.45) is 0.938. The molecular weight excluding hydrogens is 306 g/mol. The molecule has 1 amide bonds. The second-order valence-electron chi connectivity index (χ2n) is 6.08. The normalized spacial score (nSPS) is 10.8. The molecule has 2 aromatic heterocycles. The molecule has 0 aliphatic rings. The SMILES string of the molecule is C=C(C)CN(C)C(=O)c1cc(-c2cc(C)sc2C)nn1CCC. The van der Waals surface area contributed by atoms with Gasteiger partial charge in [-0.25, -0.2) is 0 Å². The standard InChI is InChI=1S/C18H25N3OS/c1-7-8-21-17(18(22)20(6)11-12(2)3)10-16(19-21)15-9-13(4)23-14(15)5/h9-10H,2,7-8,11H2,1,3-6H3. The molecule has 0 aliphatic carbocycles. The van der Waals surface area contributed by atoms with Crippen LogP contribution in [0, 0.1) is 13.8 Å². The van der Waals surface area contributed by atoms with Crippen molar-refractivity contribution in [2.45, 2.75) is 40.7 Å². The van der Waals surface area contributed by atoms with Gasteiger partial charge in [-0.05, 0) is 39.3 Å². The third kappa shape index (κ3) is 3.91. The summed E-state index contributed by atoms with van der Waals surface area (Å²) in [6, 6.07) is 4.06. The first-order valence-electron chi connectivity index (χ1n) is 7.88. The highest BCUT2D eigenvalue weighted by molar-refractivity contribution is 7.12. The van der Waals surface area contributed by atoms with E-state index in [2.05, 4.69) is 38.5 Å². The Labute approximate surface area is 142 Å². The summed E-state index contributed by atoms with van der Waals surface area (Å²) >= 11 is 1.76. The van der Waals surface area contributed by atoms with Crippen molar-refractivity contribution >= 4 is 17.2 Å². The van der Waals surface area contributed by atoms with Gasteiger partial charge in [-0.15, -0.1) is 11.3 Å². The smallest absolute Gasteiger partial charge is 0.272 e. The van der Waals surface area contributed by atoms with Crippen LogP contribution in [0.4, 0.5) is 0 Å². The van der Waals surface area contributed by atoms with Crippen molar-refractivity contribution in [1.29, 1.82) is 0 Å². The average Bonchev–Trinajstić information content (AvgIpc) is 3.01. The van der Waals surface area contributed by atoms with Crippen LogP contribution in [0.3, 0.4) is 0 Å². The molecule has 0 atom stereocenters. The van der Waals surface area contributed by atoms with E-state index >= 15 is 0 Å². The topological polar surface area (TPSA) is 38.1 Å². The monoisotopic (exact) mass is 331 g/mol. The highest BCUT2D eigenvalue weighted by Crippen LogP contribution is 2.30. The predicted molar refractivity (Wildman–Crippen MR) is 97.1 cm³/mol. The van der Waals surface area contributed by atoms with Gasteiger partial charge < -0.3 is 4.90 Å². The Bertz CT molecular complexity index is 727. The summed E-state index contributed by atoms with van der Waals surface area (Å²) in [6.45, 7) is 13.4. The van der Waals surface area contributed by atoms with E-state index in [0.29, 0.717) is 12.2 Å². The molecule has 124 valence electrons. The van der Waals surface area contributed by atoms with E-state index in [1.54, 1.807) is 23.3 Å². The number of carbonyl (C=O) groups excluding carboxylic acids is 1. The molecule has 0 unspecified atom stereocenters. The number of nitrogens with zero attached hydrogens (tertiary/aromatic N) is 3. The fraction of sp³-hybridized carbons (Fsp3) is 0.444. The van der Waals surface area contributed by atoms with E-state index < -0.39 is 0 Å². The van der Waals surface area contributed by atoms with Crippen molar-refractivity contribution < 1.29 is 4.79 Å². The second kappa shape index (κ2) is 7.13. The van der Waals surface area contributed by atoms with Gasteiger partial charge in [0.05, 0.1) is 5.69 Å². The summed E-state index contributed by atoms with van der Waals surface area (Å²) in [5.74, 6) is -0.00944. The summed E-state index contributed by atoms with van der Waals surface area (Å²) in [5, 5.41) is 4.68. The molecule has 0 aromatic carbocycles. The molecule has 5 heteroatoms. The number of likely N-dealkylation sites (N-methyl/N-ethyl adjacent to an activating group) is 1. The average molecular weight is 331 g/mol. The second-order valence-corrected chi connectivity index (χ2v) is 7.54. The number of carbonyl (C=O) groups is 1. The molecule has 0 saturated carbocycles. The lowest BCUT2D eigenvalue weighted by Gasteiger charge is -2.17. The van der Waals surface area contributed by atoms with Crippen LogP contribution >= 0.6 is 11.3 Å². The fourth-order valence-corrected chi connectivity index (χ4v) is 3.59. The zero-order chi connectivity index (χ0) is 17.1. The maximum absolute atomic E-state index is 12.7. The van der Waals surface area contributed by atoms with Crippen LogP contribution in [0.5, 0.6) is 0 Å². The van der Waals surface area contributed by atoms with E-state index in [1.807, 2.05) is 17.7 Å². The number of thiophene rings is 1. The van der Waals surface area contributed by atoms with Crippen molar-refractivity contribution in [2.75, 3.05) is 13.6 Å². The Balaban J connectivity index is 2.41. The van der Waals surface area contributed by atoms with Crippen LogP contribution in [0.1, 0.15) is 40.5 Å². The van der Waals surface area contributed by atoms with Gasteiger partial charge in [0.1, 0.15) is 5.69 Å². The molecule has 2 heterocycles. The van der Waals surface area contributed by atoms with E-state index in [-0.39, 0.29) is 5.91 Å². The number of hydrogen-bond donors (Lipinski definition) is 0. The number of hydrogen-bond acceptors (Lipinski definition) is 3. The van der Waals surface area contributed by atoms with E-state index in [0.717, 1.165) is 29.8 Å². The zero-order valence-electron chi connectivity index (χ0n) is 14.6. The molecule has 2 aromatic rings. The third-order valence-corrected chi connectivity index (χ3v) is 4.57. The van der Waals surface area contributed by atoms with Gasteiger partial charge in [-0.3, -0.25) is 9.48 Å². The van der Waals surface area contributed by atoms with Crippen LogP contribution in [0.25, 0.3) is 11.3 Å². The summed E-state index contributed by atoms with van der Waals surface area (Å²) in [4.78, 5) is 16.9. The third-order valence-electron chi connectivity index (χ3n) is 3.61. The van der Waals surface area contributed by atoms with Crippen LogP contribution in [-0.2, 0) is 6.54 Å². The lowest BCUT2D eigenvalue weighted by atomic mass is 10.1. The van der Waals surface area contributed by atoms with Gasteiger partial charge in [0.2, 0.25) is 0 Å². The Hall–Kier alpha value is -1.88.